The Morgan fingerprint density at radius 1 is 1.58 bits per heavy atom. The molecule has 1 aliphatic heterocycles. The Balaban J connectivity index is 1.64. The fourth-order valence-electron chi connectivity index (χ4n) is 2.99. The molecule has 1 saturated heterocycles. The maximum absolute atomic E-state index is 11.1. The lowest BCUT2D eigenvalue weighted by molar-refractivity contribution is -0.138. The van der Waals surface area contributed by atoms with Crippen molar-refractivity contribution in [2.75, 3.05) is 25.5 Å². The van der Waals surface area contributed by atoms with Crippen molar-refractivity contribution in [3.8, 4) is 0 Å². The van der Waals surface area contributed by atoms with Crippen molar-refractivity contribution in [3.63, 3.8) is 0 Å². The van der Waals surface area contributed by atoms with Crippen LogP contribution in [0.2, 0.25) is 0 Å². The van der Waals surface area contributed by atoms with E-state index < -0.39 is 11.9 Å². The van der Waals surface area contributed by atoms with Gasteiger partial charge in [0.15, 0.2) is 5.13 Å². The first-order valence-corrected chi connectivity index (χ1v) is 7.63. The second-order valence-corrected chi connectivity index (χ2v) is 6.50. The summed E-state index contributed by atoms with van der Waals surface area (Å²) in [6, 6.07) is 0.578. The fraction of sp³-hybridized carbons (Fsp3) is 0.692. The minimum Gasteiger partial charge on any atom is -0.481 e. The molecule has 19 heavy (non-hydrogen) atoms. The van der Waals surface area contributed by atoms with Gasteiger partial charge in [-0.15, -0.1) is 11.3 Å². The van der Waals surface area contributed by atoms with Crippen LogP contribution >= 0.6 is 11.3 Å². The highest BCUT2D eigenvalue weighted by molar-refractivity contribution is 7.15. The third-order valence-electron chi connectivity index (χ3n) is 4.18. The quantitative estimate of drug-likeness (QED) is 0.880. The number of hydrogen-bond donors (Lipinski definition) is 2. The first kappa shape index (κ1) is 12.9. The van der Waals surface area contributed by atoms with Gasteiger partial charge in [0, 0.05) is 17.5 Å². The molecule has 2 unspecified atom stereocenters. The van der Waals surface area contributed by atoms with Crippen molar-refractivity contribution in [1.82, 2.24) is 9.88 Å². The predicted molar refractivity (Wildman–Crippen MR) is 75.0 cm³/mol. The number of hydrogen-bond acceptors (Lipinski definition) is 5. The van der Waals surface area contributed by atoms with Crippen LogP contribution in [-0.4, -0.2) is 47.1 Å². The Bertz CT molecular complexity index is 488. The number of fused-ring (bicyclic) bond motifs is 1. The maximum Gasteiger partial charge on any atom is 0.312 e. The molecule has 3 rings (SSSR count). The summed E-state index contributed by atoms with van der Waals surface area (Å²) in [5, 5.41) is 13.4. The van der Waals surface area contributed by atoms with E-state index in [1.165, 1.54) is 19.4 Å². The van der Waals surface area contributed by atoms with Gasteiger partial charge in [-0.1, -0.05) is 0 Å². The molecule has 1 fully saturated rings. The SMILES string of the molecule is CN1CCCC1CNc1nc2c(s1)CCC2C(=O)O. The number of anilines is 1. The van der Waals surface area contributed by atoms with E-state index in [9.17, 15) is 4.79 Å². The standard InChI is InChI=1S/C13H19N3O2S/c1-16-6-2-3-8(16)7-14-13-15-11-9(12(17)18)4-5-10(11)19-13/h8-9H,2-7H2,1H3,(H,14,15)(H,17,18). The first-order valence-electron chi connectivity index (χ1n) is 6.81. The molecule has 5 nitrogen and oxygen atoms in total. The summed E-state index contributed by atoms with van der Waals surface area (Å²) < 4.78 is 0. The van der Waals surface area contributed by atoms with Gasteiger partial charge in [-0.3, -0.25) is 4.79 Å². The molecule has 2 N–H and O–H groups in total. The third kappa shape index (κ3) is 2.47. The molecule has 6 heteroatoms. The van der Waals surface area contributed by atoms with Gasteiger partial charge >= 0.3 is 5.97 Å². The van der Waals surface area contributed by atoms with Crippen LogP contribution in [0, 0.1) is 0 Å². The number of rotatable bonds is 4. The average Bonchev–Trinajstić information content (AvgIpc) is 3.00. The van der Waals surface area contributed by atoms with Gasteiger partial charge in [0.05, 0.1) is 5.69 Å². The molecule has 104 valence electrons. The molecule has 0 aromatic carbocycles. The lowest BCUT2D eigenvalue weighted by Gasteiger charge is -2.19. The number of aliphatic carboxylic acids is 1. The van der Waals surface area contributed by atoms with Crippen LogP contribution in [-0.2, 0) is 11.2 Å². The number of nitrogens with one attached hydrogen (secondary N) is 1. The zero-order chi connectivity index (χ0) is 13.4. The van der Waals surface area contributed by atoms with Gasteiger partial charge in [-0.05, 0) is 39.3 Å². The van der Waals surface area contributed by atoms with Crippen LogP contribution in [0.4, 0.5) is 5.13 Å². The second-order valence-electron chi connectivity index (χ2n) is 5.41. The summed E-state index contributed by atoms with van der Waals surface area (Å²) in [6.45, 7) is 2.07. The minimum absolute atomic E-state index is 0.393. The van der Waals surface area contributed by atoms with E-state index in [0.29, 0.717) is 12.5 Å². The van der Waals surface area contributed by atoms with Gasteiger partial charge in [-0.25, -0.2) is 4.98 Å². The second kappa shape index (κ2) is 5.09. The topological polar surface area (TPSA) is 65.5 Å². The Kier molecular flexibility index (Phi) is 3.45. The average molecular weight is 281 g/mol. The van der Waals surface area contributed by atoms with Crippen molar-refractivity contribution >= 4 is 22.4 Å². The number of carbonyl (C=O) groups is 1. The van der Waals surface area contributed by atoms with Crippen LogP contribution in [0.15, 0.2) is 0 Å². The molecule has 2 aliphatic rings. The largest absolute Gasteiger partial charge is 0.481 e. The summed E-state index contributed by atoms with van der Waals surface area (Å²) in [5.41, 5.74) is 0.791. The number of carboxylic acid groups (broad SMARTS) is 1. The van der Waals surface area contributed by atoms with E-state index in [1.54, 1.807) is 11.3 Å². The molecule has 2 atom stereocenters. The van der Waals surface area contributed by atoms with Crippen LogP contribution in [0.3, 0.4) is 0 Å². The highest BCUT2D eigenvalue weighted by Gasteiger charge is 2.32. The Labute approximate surface area is 116 Å². The molecule has 0 spiro atoms. The summed E-state index contributed by atoms with van der Waals surface area (Å²) in [6.07, 6.45) is 4.05. The molecule has 1 aromatic heterocycles. The predicted octanol–water partition coefficient (Wildman–Crippen LogP) is 1.76. The van der Waals surface area contributed by atoms with Crippen molar-refractivity contribution in [2.45, 2.75) is 37.6 Å². The molecule has 0 radical (unpaired) electrons. The van der Waals surface area contributed by atoms with Gasteiger partial charge < -0.3 is 15.3 Å². The number of likely N-dealkylation sites (N-methyl/N-ethyl adjacent to an activating group) is 1. The molecular weight excluding hydrogens is 262 g/mol. The zero-order valence-corrected chi connectivity index (χ0v) is 11.9. The molecule has 2 heterocycles. The van der Waals surface area contributed by atoms with Crippen molar-refractivity contribution in [1.29, 1.82) is 0 Å². The van der Waals surface area contributed by atoms with Crippen molar-refractivity contribution < 1.29 is 9.90 Å². The molecule has 0 saturated carbocycles. The van der Waals surface area contributed by atoms with Gasteiger partial charge in [0.1, 0.15) is 5.92 Å². The van der Waals surface area contributed by atoms with E-state index >= 15 is 0 Å². The van der Waals surface area contributed by atoms with E-state index in [-0.39, 0.29) is 0 Å². The molecular formula is C13H19N3O2S. The van der Waals surface area contributed by atoms with Gasteiger partial charge in [0.2, 0.25) is 0 Å². The number of carboxylic acids is 1. The third-order valence-corrected chi connectivity index (χ3v) is 5.26. The van der Waals surface area contributed by atoms with Crippen molar-refractivity contribution in [3.05, 3.63) is 10.6 Å². The fourth-order valence-corrected chi connectivity index (χ4v) is 4.03. The van der Waals surface area contributed by atoms with E-state index in [1.807, 2.05) is 0 Å². The summed E-state index contributed by atoms with van der Waals surface area (Å²) in [7, 11) is 2.15. The maximum atomic E-state index is 11.1. The number of aromatic nitrogens is 1. The number of thiazole rings is 1. The molecule has 1 aromatic rings. The zero-order valence-electron chi connectivity index (χ0n) is 11.1. The van der Waals surface area contributed by atoms with Crippen LogP contribution in [0.1, 0.15) is 35.8 Å². The smallest absolute Gasteiger partial charge is 0.312 e. The lowest BCUT2D eigenvalue weighted by Crippen LogP contribution is -2.31. The molecule has 0 amide bonds. The van der Waals surface area contributed by atoms with Gasteiger partial charge in [0.25, 0.3) is 0 Å². The van der Waals surface area contributed by atoms with E-state index in [4.69, 9.17) is 5.11 Å². The van der Waals surface area contributed by atoms with E-state index in [2.05, 4.69) is 22.2 Å². The molecule has 1 aliphatic carbocycles. The summed E-state index contributed by atoms with van der Waals surface area (Å²) in [5.74, 6) is -1.14. The number of aryl methyl sites for hydroxylation is 1. The highest BCUT2D eigenvalue weighted by Crippen LogP contribution is 2.38. The van der Waals surface area contributed by atoms with Crippen LogP contribution < -0.4 is 5.32 Å². The lowest BCUT2D eigenvalue weighted by atomic mass is 10.1. The van der Waals surface area contributed by atoms with Crippen molar-refractivity contribution in [2.24, 2.45) is 0 Å². The highest BCUT2D eigenvalue weighted by atomic mass is 32.1. The summed E-state index contributed by atoms with van der Waals surface area (Å²) in [4.78, 5) is 19.1. The Hall–Kier alpha value is -1.14. The normalized spacial score (nSPS) is 26.6. The summed E-state index contributed by atoms with van der Waals surface area (Å²) >= 11 is 1.62. The minimum atomic E-state index is -0.744. The van der Waals surface area contributed by atoms with Crippen LogP contribution in [0.5, 0.6) is 0 Å². The monoisotopic (exact) mass is 281 g/mol. The number of likely N-dealkylation sites (tertiary alicyclic amines) is 1. The first-order chi connectivity index (χ1) is 9.15. The van der Waals surface area contributed by atoms with E-state index in [0.717, 1.165) is 28.7 Å². The van der Waals surface area contributed by atoms with Crippen LogP contribution in [0.25, 0.3) is 0 Å². The number of nitrogens with zero attached hydrogens (tertiary/aromatic N) is 2. The van der Waals surface area contributed by atoms with Gasteiger partial charge in [-0.2, -0.15) is 0 Å². The Morgan fingerprint density at radius 2 is 2.42 bits per heavy atom. The Morgan fingerprint density at radius 3 is 3.11 bits per heavy atom. The molecule has 0 bridgehead atoms.